The van der Waals surface area contributed by atoms with E-state index in [1.165, 1.54) is 0 Å². The standard InChI is InChI=1S/C44H54ClN5O5.C2H6/c1-27-37(28(2)47(9)46-27)38-35(45)20-19-34-33(17-13-23-53-36-18-12-15-29-14-10-11-16-32(29)36)40(41(51)54-43(3,4)5)49(39(34)38)22-21-48-25-30-24-31(26-48)50(30)42(52)55-44(6,7)8;1-2/h10-12,14-16,18-20,30-31H,13,17,21-26H2,1-9H3;1-2H3. The van der Waals surface area contributed by atoms with Crippen molar-refractivity contribution in [2.45, 2.75) is 118 Å². The number of ether oxygens (including phenoxy) is 3. The van der Waals surface area contributed by atoms with Gasteiger partial charge in [0.2, 0.25) is 0 Å². The number of nitrogens with zero attached hydrogens (tertiary/aromatic N) is 5. The molecule has 3 saturated heterocycles. The van der Waals surface area contributed by atoms with Crippen LogP contribution in [0, 0.1) is 13.8 Å². The Kier molecular flexibility index (Phi) is 12.4. The summed E-state index contributed by atoms with van der Waals surface area (Å²) in [6.45, 7) is 22.6. The van der Waals surface area contributed by atoms with Crippen molar-refractivity contribution >= 4 is 45.3 Å². The number of carbonyl (C=O) groups is 2. The molecule has 5 heterocycles. The van der Waals surface area contributed by atoms with E-state index in [1.54, 1.807) is 0 Å². The zero-order valence-corrected chi connectivity index (χ0v) is 36.4. The van der Waals surface area contributed by atoms with E-state index >= 15 is 0 Å². The number of fused-ring (bicyclic) bond motifs is 4. The van der Waals surface area contributed by atoms with Gasteiger partial charge in [-0.2, -0.15) is 5.10 Å². The number of hydrogen-bond donors (Lipinski definition) is 0. The van der Waals surface area contributed by atoms with Gasteiger partial charge in [-0.3, -0.25) is 14.5 Å². The molecule has 8 rings (SSSR count). The Morgan fingerprint density at radius 2 is 1.51 bits per heavy atom. The number of esters is 1. The minimum Gasteiger partial charge on any atom is -0.493 e. The predicted octanol–water partition coefficient (Wildman–Crippen LogP) is 10.2. The normalized spacial score (nSPS) is 16.9. The molecule has 2 bridgehead atoms. The van der Waals surface area contributed by atoms with Crippen molar-refractivity contribution in [2.24, 2.45) is 7.05 Å². The smallest absolute Gasteiger partial charge is 0.410 e. The molecule has 306 valence electrons. The molecule has 2 atom stereocenters. The van der Waals surface area contributed by atoms with Crippen molar-refractivity contribution in [3.8, 4) is 16.9 Å². The van der Waals surface area contributed by atoms with Gasteiger partial charge in [-0.1, -0.05) is 67.9 Å². The van der Waals surface area contributed by atoms with E-state index in [4.69, 9.17) is 30.9 Å². The summed E-state index contributed by atoms with van der Waals surface area (Å²) in [7, 11) is 1.94. The quantitative estimate of drug-likeness (QED) is 0.103. The second-order valence-electron chi connectivity index (χ2n) is 17.1. The van der Waals surface area contributed by atoms with Crippen LogP contribution in [0.5, 0.6) is 5.75 Å². The first-order chi connectivity index (χ1) is 27.0. The van der Waals surface area contributed by atoms with Gasteiger partial charge in [0.1, 0.15) is 22.6 Å². The summed E-state index contributed by atoms with van der Waals surface area (Å²) in [5.74, 6) is 0.474. The van der Waals surface area contributed by atoms with Gasteiger partial charge < -0.3 is 18.8 Å². The fraction of sp³-hybridized carbons (Fsp3) is 0.500. The highest BCUT2D eigenvalue weighted by molar-refractivity contribution is 6.35. The van der Waals surface area contributed by atoms with E-state index in [0.717, 1.165) is 75.0 Å². The minimum absolute atomic E-state index is 0.100. The maximum atomic E-state index is 14.5. The molecular formula is C46H60ClN5O5. The van der Waals surface area contributed by atoms with Gasteiger partial charge in [0, 0.05) is 60.8 Å². The number of amides is 1. The van der Waals surface area contributed by atoms with Gasteiger partial charge in [0.05, 0.1) is 34.9 Å². The highest BCUT2D eigenvalue weighted by atomic mass is 35.5. The summed E-state index contributed by atoms with van der Waals surface area (Å²) in [6, 6.07) is 18.5. The average Bonchev–Trinajstić information content (AvgIpc) is 3.59. The maximum Gasteiger partial charge on any atom is 0.410 e. The Hall–Kier alpha value is -4.54. The highest BCUT2D eigenvalue weighted by Gasteiger charge is 2.48. The molecule has 3 aliphatic heterocycles. The molecule has 3 fully saturated rings. The van der Waals surface area contributed by atoms with Crippen LogP contribution in [0.15, 0.2) is 54.6 Å². The van der Waals surface area contributed by atoms with Crippen molar-refractivity contribution in [2.75, 3.05) is 26.2 Å². The topological polar surface area (TPSA) is 91.1 Å². The summed E-state index contributed by atoms with van der Waals surface area (Å²) in [5.41, 5.74) is 4.78. The maximum absolute atomic E-state index is 14.5. The molecule has 57 heavy (non-hydrogen) atoms. The van der Waals surface area contributed by atoms with Gasteiger partial charge >= 0.3 is 12.1 Å². The first kappa shape index (κ1) is 42.1. The molecule has 0 spiro atoms. The van der Waals surface area contributed by atoms with Crippen molar-refractivity contribution in [3.05, 3.63) is 82.3 Å². The van der Waals surface area contributed by atoms with Gasteiger partial charge in [0.15, 0.2) is 0 Å². The van der Waals surface area contributed by atoms with E-state index in [1.807, 2.05) is 115 Å². The molecule has 1 amide bonds. The lowest BCUT2D eigenvalue weighted by Gasteiger charge is -2.55. The third kappa shape index (κ3) is 8.82. The van der Waals surface area contributed by atoms with Crippen LogP contribution in [0.4, 0.5) is 4.79 Å². The number of hydrogen-bond acceptors (Lipinski definition) is 7. The lowest BCUT2D eigenvalue weighted by molar-refractivity contribution is -0.0767. The SMILES string of the molecule is CC.Cc1nn(C)c(C)c1-c1c(Cl)ccc2c(CCCOc3cccc4ccccc34)c(C(=O)OC(C)(C)C)n(CCN3CC4CC(C3)N4C(=O)OC(C)(C)C)c12. The number of piperidine rings is 1. The van der Waals surface area contributed by atoms with E-state index < -0.39 is 11.2 Å². The number of carbonyl (C=O) groups excluding carboxylic acids is 2. The minimum atomic E-state index is -0.705. The van der Waals surface area contributed by atoms with Gasteiger partial charge in [0.25, 0.3) is 0 Å². The summed E-state index contributed by atoms with van der Waals surface area (Å²) < 4.78 is 22.3. The van der Waals surface area contributed by atoms with Crippen LogP contribution in [0.25, 0.3) is 32.8 Å². The zero-order valence-electron chi connectivity index (χ0n) is 35.7. The molecule has 3 aromatic carbocycles. The number of aryl methyl sites for hydroxylation is 3. The van der Waals surface area contributed by atoms with Crippen LogP contribution in [0.2, 0.25) is 5.02 Å². The Bertz CT molecular complexity index is 2240. The van der Waals surface area contributed by atoms with Crippen LogP contribution in [0.3, 0.4) is 0 Å². The third-order valence-corrected chi connectivity index (χ3v) is 11.0. The molecule has 2 aromatic heterocycles. The second-order valence-corrected chi connectivity index (χ2v) is 17.5. The molecule has 0 saturated carbocycles. The molecular weight excluding hydrogens is 738 g/mol. The molecule has 10 nitrogen and oxygen atoms in total. The second kappa shape index (κ2) is 16.7. The Labute approximate surface area is 343 Å². The Morgan fingerprint density at radius 3 is 2.16 bits per heavy atom. The lowest BCUT2D eigenvalue weighted by atomic mass is 9.88. The van der Waals surface area contributed by atoms with Crippen LogP contribution in [-0.2, 0) is 29.5 Å². The first-order valence-corrected chi connectivity index (χ1v) is 20.8. The predicted molar refractivity (Wildman–Crippen MR) is 230 cm³/mol. The Balaban J connectivity index is 0.00000270. The molecule has 5 aromatic rings. The fourth-order valence-electron chi connectivity index (χ4n) is 8.39. The molecule has 0 radical (unpaired) electrons. The molecule has 0 N–H and O–H groups in total. The number of piperazine rings is 1. The molecule has 0 aliphatic carbocycles. The number of aromatic nitrogens is 3. The monoisotopic (exact) mass is 797 g/mol. The third-order valence-electron chi connectivity index (χ3n) is 10.7. The van der Waals surface area contributed by atoms with Crippen LogP contribution < -0.4 is 4.74 Å². The molecule has 11 heteroatoms. The summed E-state index contributed by atoms with van der Waals surface area (Å²) in [5, 5.41) is 8.51. The van der Waals surface area contributed by atoms with Crippen molar-refractivity contribution in [1.82, 2.24) is 24.1 Å². The summed E-state index contributed by atoms with van der Waals surface area (Å²) >= 11 is 7.17. The molecule has 3 aliphatic rings. The summed E-state index contributed by atoms with van der Waals surface area (Å²) in [6.07, 6.45) is 1.99. The van der Waals surface area contributed by atoms with Gasteiger partial charge in [-0.05, 0) is 97.7 Å². The van der Waals surface area contributed by atoms with E-state index in [2.05, 4.69) is 34.6 Å². The van der Waals surface area contributed by atoms with E-state index in [0.29, 0.717) is 43.3 Å². The number of benzene rings is 3. The van der Waals surface area contributed by atoms with E-state index in [-0.39, 0.29) is 24.1 Å². The molecule has 2 unspecified atom stereocenters. The zero-order chi connectivity index (χ0) is 41.4. The average molecular weight is 798 g/mol. The lowest BCUT2D eigenvalue weighted by Crippen LogP contribution is -2.70. The summed E-state index contributed by atoms with van der Waals surface area (Å²) in [4.78, 5) is 31.8. The number of rotatable bonds is 10. The highest BCUT2D eigenvalue weighted by Crippen LogP contribution is 2.43. The van der Waals surface area contributed by atoms with Crippen molar-refractivity contribution in [3.63, 3.8) is 0 Å². The fourth-order valence-corrected chi connectivity index (χ4v) is 8.64. The van der Waals surface area contributed by atoms with E-state index in [9.17, 15) is 9.59 Å². The van der Waals surface area contributed by atoms with Crippen LogP contribution >= 0.6 is 11.6 Å². The van der Waals surface area contributed by atoms with Crippen LogP contribution in [0.1, 0.15) is 95.7 Å². The van der Waals surface area contributed by atoms with Crippen molar-refractivity contribution < 1.29 is 23.8 Å². The Morgan fingerprint density at radius 1 is 0.842 bits per heavy atom. The van der Waals surface area contributed by atoms with Crippen molar-refractivity contribution in [1.29, 1.82) is 0 Å². The number of halogens is 1. The van der Waals surface area contributed by atoms with Gasteiger partial charge in [-0.25, -0.2) is 9.59 Å². The van der Waals surface area contributed by atoms with Gasteiger partial charge in [-0.15, -0.1) is 0 Å². The first-order valence-electron chi connectivity index (χ1n) is 20.4. The van der Waals surface area contributed by atoms with Crippen LogP contribution in [-0.4, -0.2) is 85.7 Å². The largest absolute Gasteiger partial charge is 0.493 e.